The van der Waals surface area contributed by atoms with E-state index in [4.69, 9.17) is 0 Å². The summed E-state index contributed by atoms with van der Waals surface area (Å²) < 4.78 is 0. The van der Waals surface area contributed by atoms with Crippen LogP contribution >= 0.6 is 0 Å². The van der Waals surface area contributed by atoms with Crippen LogP contribution in [0.5, 0.6) is 0 Å². The molecular weight excluding hydrogens is 846 g/mol. The fourth-order valence-electron chi connectivity index (χ4n) is 12.8. The standard InChI is InChI=1S/C66H74BN3/c1-61(2,3)44-26-30-48(31-27-44)68-57-42-49(70-55-25-19-18-24-51(55)65(13)36-20-21-37-66(65,70)14)32-34-53(57)67-52-33-28-46(63(7,8)9)39-56(52)69(59-41-47(64(10,11)12)40-58(68)60(59)67)54-35-29-45(62(4,5)6)38-50(54)43-22-16-15-17-23-43/h15-19,22-35,38-42H,20-21,36-37H2,1-14H3. The first-order valence-corrected chi connectivity index (χ1v) is 26.3. The van der Waals surface area contributed by atoms with E-state index in [1.165, 1.54) is 120 Å². The summed E-state index contributed by atoms with van der Waals surface area (Å²) in [5.41, 5.74) is 23.3. The Kier molecular flexibility index (Phi) is 10.4. The van der Waals surface area contributed by atoms with Crippen LogP contribution in [0.1, 0.15) is 150 Å². The summed E-state index contributed by atoms with van der Waals surface area (Å²) in [7, 11) is 0. The summed E-state index contributed by atoms with van der Waals surface area (Å²) in [6.07, 6.45) is 4.89. The molecule has 356 valence electrons. The zero-order valence-electron chi connectivity index (χ0n) is 44.6. The summed E-state index contributed by atoms with van der Waals surface area (Å²) >= 11 is 0. The molecule has 0 saturated heterocycles. The molecule has 0 amide bonds. The average molecular weight is 920 g/mol. The van der Waals surface area contributed by atoms with Crippen LogP contribution in [-0.4, -0.2) is 12.3 Å². The Morgan fingerprint density at radius 2 is 0.929 bits per heavy atom. The number of fused-ring (bicyclic) bond motifs is 7. The maximum atomic E-state index is 2.76. The highest BCUT2D eigenvalue weighted by Gasteiger charge is 2.58. The molecule has 4 aliphatic rings. The molecule has 0 spiro atoms. The van der Waals surface area contributed by atoms with Gasteiger partial charge in [0.2, 0.25) is 0 Å². The van der Waals surface area contributed by atoms with Crippen LogP contribution in [0.4, 0.5) is 45.5 Å². The van der Waals surface area contributed by atoms with Gasteiger partial charge in [-0.05, 0) is 152 Å². The van der Waals surface area contributed by atoms with Crippen molar-refractivity contribution in [2.75, 3.05) is 14.7 Å². The lowest BCUT2D eigenvalue weighted by Gasteiger charge is -2.50. The molecule has 1 fully saturated rings. The van der Waals surface area contributed by atoms with Crippen molar-refractivity contribution in [1.29, 1.82) is 0 Å². The van der Waals surface area contributed by atoms with Gasteiger partial charge >= 0.3 is 0 Å². The molecule has 3 nitrogen and oxygen atoms in total. The minimum absolute atomic E-state index is 0.00357. The largest absolute Gasteiger partial charge is 0.334 e. The van der Waals surface area contributed by atoms with Gasteiger partial charge in [-0.1, -0.05) is 188 Å². The molecule has 2 unspecified atom stereocenters. The predicted octanol–water partition coefficient (Wildman–Crippen LogP) is 16.4. The molecule has 4 heteroatoms. The number of para-hydroxylation sites is 1. The highest BCUT2D eigenvalue weighted by Crippen LogP contribution is 2.61. The molecule has 0 aromatic heterocycles. The molecule has 7 aromatic carbocycles. The van der Waals surface area contributed by atoms with Gasteiger partial charge in [-0.3, -0.25) is 0 Å². The van der Waals surface area contributed by atoms with Gasteiger partial charge in [-0.2, -0.15) is 0 Å². The summed E-state index contributed by atoms with van der Waals surface area (Å²) in [4.78, 5) is 8.07. The van der Waals surface area contributed by atoms with Crippen molar-refractivity contribution >= 4 is 68.6 Å². The minimum Gasteiger partial charge on any atom is -0.334 e. The number of benzene rings is 7. The molecule has 1 aliphatic carbocycles. The summed E-state index contributed by atoms with van der Waals surface area (Å²) in [5.74, 6) is 0. The van der Waals surface area contributed by atoms with Crippen LogP contribution < -0.4 is 31.1 Å². The van der Waals surface area contributed by atoms with Crippen molar-refractivity contribution < 1.29 is 0 Å². The fourth-order valence-corrected chi connectivity index (χ4v) is 12.8. The topological polar surface area (TPSA) is 9.72 Å². The van der Waals surface area contributed by atoms with Crippen molar-refractivity contribution in [3.63, 3.8) is 0 Å². The van der Waals surface area contributed by atoms with E-state index in [9.17, 15) is 0 Å². The molecule has 3 heterocycles. The minimum atomic E-state index is -0.137. The van der Waals surface area contributed by atoms with Gasteiger partial charge in [-0.25, -0.2) is 0 Å². The van der Waals surface area contributed by atoms with E-state index >= 15 is 0 Å². The Balaban J connectivity index is 1.24. The molecule has 0 N–H and O–H groups in total. The van der Waals surface area contributed by atoms with Crippen molar-refractivity contribution in [3.05, 3.63) is 173 Å². The number of anilines is 8. The molecule has 0 bridgehead atoms. The first kappa shape index (κ1) is 46.4. The van der Waals surface area contributed by atoms with Crippen molar-refractivity contribution in [1.82, 2.24) is 0 Å². The first-order valence-electron chi connectivity index (χ1n) is 26.3. The number of hydrogen-bond donors (Lipinski definition) is 0. The molecular formula is C66H74BN3. The summed E-state index contributed by atoms with van der Waals surface area (Å²) in [5, 5.41) is 0. The van der Waals surface area contributed by atoms with Gasteiger partial charge in [0.25, 0.3) is 6.71 Å². The molecule has 11 rings (SSSR count). The first-order chi connectivity index (χ1) is 33.0. The van der Waals surface area contributed by atoms with Gasteiger partial charge in [0.1, 0.15) is 0 Å². The fraction of sp³-hybridized carbons (Fsp3) is 0.364. The highest BCUT2D eigenvalue weighted by molar-refractivity contribution is 7.00. The van der Waals surface area contributed by atoms with Crippen molar-refractivity contribution in [3.8, 4) is 11.1 Å². The maximum absolute atomic E-state index is 2.76. The number of nitrogens with zero attached hydrogens (tertiary/aromatic N) is 3. The Labute approximate surface area is 421 Å². The van der Waals surface area contributed by atoms with Gasteiger partial charge in [0.15, 0.2) is 0 Å². The van der Waals surface area contributed by atoms with E-state index in [0.717, 1.165) is 6.42 Å². The van der Waals surface area contributed by atoms with Gasteiger partial charge in [-0.15, -0.1) is 0 Å². The molecule has 2 atom stereocenters. The van der Waals surface area contributed by atoms with E-state index in [1.807, 2.05) is 0 Å². The maximum Gasteiger partial charge on any atom is 0.252 e. The second-order valence-electron chi connectivity index (χ2n) is 25.9. The average Bonchev–Trinajstić information content (AvgIpc) is 3.53. The van der Waals surface area contributed by atoms with E-state index in [0.29, 0.717) is 0 Å². The van der Waals surface area contributed by atoms with Crippen LogP contribution in [0.15, 0.2) is 146 Å². The smallest absolute Gasteiger partial charge is 0.252 e. The van der Waals surface area contributed by atoms with Gasteiger partial charge in [0.05, 0.1) is 11.2 Å². The van der Waals surface area contributed by atoms with E-state index in [-0.39, 0.29) is 39.3 Å². The summed E-state index contributed by atoms with van der Waals surface area (Å²) in [6.45, 7) is 33.3. The highest BCUT2D eigenvalue weighted by atomic mass is 15.3. The Morgan fingerprint density at radius 3 is 1.59 bits per heavy atom. The van der Waals surface area contributed by atoms with E-state index < -0.39 is 0 Å². The monoisotopic (exact) mass is 920 g/mol. The van der Waals surface area contributed by atoms with Gasteiger partial charge < -0.3 is 14.7 Å². The molecule has 70 heavy (non-hydrogen) atoms. The van der Waals surface area contributed by atoms with Crippen molar-refractivity contribution in [2.45, 2.75) is 155 Å². The number of rotatable bonds is 4. The van der Waals surface area contributed by atoms with Crippen LogP contribution in [0.25, 0.3) is 11.1 Å². The second kappa shape index (κ2) is 15.8. The van der Waals surface area contributed by atoms with Crippen molar-refractivity contribution in [2.24, 2.45) is 0 Å². The lowest BCUT2D eigenvalue weighted by molar-refractivity contribution is 0.195. The third-order valence-electron chi connectivity index (χ3n) is 17.2. The molecule has 7 aromatic rings. The van der Waals surface area contributed by atoms with Crippen LogP contribution in [0.2, 0.25) is 0 Å². The van der Waals surface area contributed by atoms with Crippen LogP contribution in [0, 0.1) is 0 Å². The lowest BCUT2D eigenvalue weighted by atomic mass is 9.33. The van der Waals surface area contributed by atoms with Crippen LogP contribution in [-0.2, 0) is 27.1 Å². The zero-order valence-corrected chi connectivity index (χ0v) is 44.6. The third-order valence-corrected chi connectivity index (χ3v) is 17.2. The van der Waals surface area contributed by atoms with E-state index in [1.54, 1.807) is 0 Å². The predicted molar refractivity (Wildman–Crippen MR) is 304 cm³/mol. The van der Waals surface area contributed by atoms with E-state index in [2.05, 4.69) is 257 Å². The second-order valence-corrected chi connectivity index (χ2v) is 25.9. The zero-order chi connectivity index (χ0) is 49.5. The Hall–Kier alpha value is -6.00. The molecule has 0 radical (unpaired) electrons. The van der Waals surface area contributed by atoms with Gasteiger partial charge in [0, 0.05) is 50.8 Å². The quantitative estimate of drug-likeness (QED) is 0.163. The lowest BCUT2D eigenvalue weighted by Crippen LogP contribution is -2.61. The number of hydrogen-bond acceptors (Lipinski definition) is 3. The van der Waals surface area contributed by atoms with Crippen LogP contribution in [0.3, 0.4) is 0 Å². The molecule has 1 saturated carbocycles. The SMILES string of the molecule is CC(C)(C)c1ccc(N2c3cc(N4c5ccccc5C5(C)CCCCC45C)ccc3B3c4ccc(C(C)(C)C)cc4N(c4ccc(C(C)(C)C)cc4-c4ccccc4)c4cc(C(C)(C)C)cc2c43)cc1. The Morgan fingerprint density at radius 1 is 0.414 bits per heavy atom. The Bertz CT molecular complexity index is 3190. The molecule has 3 aliphatic heterocycles. The summed E-state index contributed by atoms with van der Waals surface area (Å²) in [6, 6.07) is 57.3. The normalized spacial score (nSPS) is 19.6. The third kappa shape index (κ3) is 7.12.